The molecule has 0 atom stereocenters. The molecule has 3 rings (SSSR count). The molecule has 1 aromatic carbocycles. The van der Waals surface area contributed by atoms with Crippen molar-refractivity contribution in [1.29, 1.82) is 5.26 Å². The van der Waals surface area contributed by atoms with Crippen LogP contribution in [0.15, 0.2) is 55.4 Å². The van der Waals surface area contributed by atoms with Gasteiger partial charge in [0.05, 0.1) is 6.20 Å². The second-order valence-electron chi connectivity index (χ2n) is 5.09. The van der Waals surface area contributed by atoms with Crippen molar-refractivity contribution in [1.82, 2.24) is 15.1 Å². The Morgan fingerprint density at radius 3 is 2.87 bits per heavy atom. The van der Waals surface area contributed by atoms with Gasteiger partial charge in [0, 0.05) is 35.9 Å². The SMILES string of the molecule is C=Cn1cc(CNCc2cccc(-c3ccc(C#N)s3)c2)cn1. The minimum atomic E-state index is 0.739. The summed E-state index contributed by atoms with van der Waals surface area (Å²) >= 11 is 1.52. The Kier molecular flexibility index (Phi) is 4.67. The number of nitrogens with zero attached hydrogens (tertiary/aromatic N) is 3. The Hall–Kier alpha value is -2.68. The summed E-state index contributed by atoms with van der Waals surface area (Å²) in [6.45, 7) is 5.22. The van der Waals surface area contributed by atoms with E-state index in [2.05, 4.69) is 41.3 Å². The van der Waals surface area contributed by atoms with Crippen molar-refractivity contribution in [3.8, 4) is 16.5 Å². The van der Waals surface area contributed by atoms with Gasteiger partial charge in [-0.25, -0.2) is 4.68 Å². The maximum atomic E-state index is 8.93. The van der Waals surface area contributed by atoms with E-state index < -0.39 is 0 Å². The molecule has 2 aromatic heterocycles. The first kappa shape index (κ1) is 15.2. The number of thiophene rings is 1. The molecule has 2 heterocycles. The smallest absolute Gasteiger partial charge is 0.110 e. The van der Waals surface area contributed by atoms with Gasteiger partial charge in [-0.15, -0.1) is 11.3 Å². The van der Waals surface area contributed by atoms with Gasteiger partial charge < -0.3 is 5.32 Å². The molecule has 5 heteroatoms. The first-order chi connectivity index (χ1) is 11.3. The molecule has 0 amide bonds. The second kappa shape index (κ2) is 7.05. The highest BCUT2D eigenvalue weighted by Crippen LogP contribution is 2.28. The van der Waals surface area contributed by atoms with Crippen LogP contribution in [0.1, 0.15) is 16.0 Å². The number of benzene rings is 1. The first-order valence-corrected chi connectivity index (χ1v) is 8.05. The normalized spacial score (nSPS) is 10.4. The monoisotopic (exact) mass is 320 g/mol. The number of rotatable bonds is 6. The van der Waals surface area contributed by atoms with E-state index in [9.17, 15) is 0 Å². The Labute approximate surface area is 139 Å². The van der Waals surface area contributed by atoms with Gasteiger partial charge in [-0.1, -0.05) is 24.8 Å². The van der Waals surface area contributed by atoms with Crippen molar-refractivity contribution in [2.45, 2.75) is 13.1 Å². The predicted molar refractivity (Wildman–Crippen MR) is 93.6 cm³/mol. The van der Waals surface area contributed by atoms with E-state index in [1.165, 1.54) is 16.9 Å². The molecule has 0 saturated carbocycles. The summed E-state index contributed by atoms with van der Waals surface area (Å²) in [5, 5.41) is 16.5. The summed E-state index contributed by atoms with van der Waals surface area (Å²) in [6, 6.07) is 14.4. The number of nitrogens with one attached hydrogen (secondary N) is 1. The molecule has 3 aromatic rings. The lowest BCUT2D eigenvalue weighted by atomic mass is 10.1. The molecule has 4 nitrogen and oxygen atoms in total. The van der Waals surface area contributed by atoms with E-state index in [4.69, 9.17) is 5.26 Å². The van der Waals surface area contributed by atoms with E-state index in [0.29, 0.717) is 0 Å². The fourth-order valence-corrected chi connectivity index (χ4v) is 3.11. The van der Waals surface area contributed by atoms with Gasteiger partial charge >= 0.3 is 0 Å². The zero-order chi connectivity index (χ0) is 16.1. The van der Waals surface area contributed by atoms with Gasteiger partial charge in [0.25, 0.3) is 0 Å². The highest BCUT2D eigenvalue weighted by atomic mass is 32.1. The highest BCUT2D eigenvalue weighted by molar-refractivity contribution is 7.16. The number of aromatic nitrogens is 2. The minimum Gasteiger partial charge on any atom is -0.309 e. The summed E-state index contributed by atoms with van der Waals surface area (Å²) in [5.74, 6) is 0. The molecular weight excluding hydrogens is 304 g/mol. The molecule has 1 N–H and O–H groups in total. The van der Waals surface area contributed by atoms with E-state index in [-0.39, 0.29) is 0 Å². The molecule has 0 radical (unpaired) electrons. The van der Waals surface area contributed by atoms with Crippen molar-refractivity contribution in [3.63, 3.8) is 0 Å². The molecule has 114 valence electrons. The quantitative estimate of drug-likeness (QED) is 0.750. The van der Waals surface area contributed by atoms with Crippen molar-refractivity contribution in [2.75, 3.05) is 0 Å². The van der Waals surface area contributed by atoms with Crippen LogP contribution in [0.25, 0.3) is 16.6 Å². The van der Waals surface area contributed by atoms with Gasteiger partial charge in [-0.2, -0.15) is 10.4 Å². The fraction of sp³-hybridized carbons (Fsp3) is 0.111. The van der Waals surface area contributed by atoms with Gasteiger partial charge in [0.2, 0.25) is 0 Å². The lowest BCUT2D eigenvalue weighted by Crippen LogP contribution is -2.12. The maximum Gasteiger partial charge on any atom is 0.110 e. The number of nitriles is 1. The second-order valence-corrected chi connectivity index (χ2v) is 6.17. The van der Waals surface area contributed by atoms with E-state index in [1.807, 2.05) is 30.6 Å². The Bertz CT molecular complexity index is 854. The van der Waals surface area contributed by atoms with Crippen LogP contribution in [-0.4, -0.2) is 9.78 Å². The summed E-state index contributed by atoms with van der Waals surface area (Å²) in [4.78, 5) is 1.86. The van der Waals surface area contributed by atoms with Gasteiger partial charge in [-0.3, -0.25) is 0 Å². The molecule has 0 aliphatic carbocycles. The van der Waals surface area contributed by atoms with Crippen LogP contribution >= 0.6 is 11.3 Å². The first-order valence-electron chi connectivity index (χ1n) is 7.24. The Morgan fingerprint density at radius 1 is 1.26 bits per heavy atom. The topological polar surface area (TPSA) is 53.6 Å². The third kappa shape index (κ3) is 3.75. The molecule has 0 saturated heterocycles. The van der Waals surface area contributed by atoms with Crippen LogP contribution in [0.4, 0.5) is 0 Å². The summed E-state index contributed by atoms with van der Waals surface area (Å²) < 4.78 is 1.70. The maximum absolute atomic E-state index is 8.93. The average Bonchev–Trinajstić information content (AvgIpc) is 3.24. The van der Waals surface area contributed by atoms with Crippen LogP contribution in [0, 0.1) is 11.3 Å². The Morgan fingerprint density at radius 2 is 2.13 bits per heavy atom. The van der Waals surface area contributed by atoms with Crippen molar-refractivity contribution in [2.24, 2.45) is 0 Å². The number of hydrogen-bond donors (Lipinski definition) is 1. The van der Waals surface area contributed by atoms with E-state index in [1.54, 1.807) is 10.9 Å². The fourth-order valence-electron chi connectivity index (χ4n) is 2.31. The molecule has 0 aliphatic rings. The van der Waals surface area contributed by atoms with E-state index in [0.717, 1.165) is 34.0 Å². The third-order valence-electron chi connectivity index (χ3n) is 3.43. The van der Waals surface area contributed by atoms with E-state index >= 15 is 0 Å². The van der Waals surface area contributed by atoms with Gasteiger partial charge in [0.15, 0.2) is 0 Å². The summed E-state index contributed by atoms with van der Waals surface area (Å²) in [7, 11) is 0. The third-order valence-corrected chi connectivity index (χ3v) is 4.47. The van der Waals surface area contributed by atoms with Crippen LogP contribution in [0.2, 0.25) is 0 Å². The summed E-state index contributed by atoms with van der Waals surface area (Å²) in [5.41, 5.74) is 3.48. The van der Waals surface area contributed by atoms with Gasteiger partial charge in [-0.05, 0) is 29.3 Å². The zero-order valence-electron chi connectivity index (χ0n) is 12.6. The highest BCUT2D eigenvalue weighted by Gasteiger charge is 2.04. The molecule has 0 bridgehead atoms. The lowest BCUT2D eigenvalue weighted by molar-refractivity contribution is 0.693. The minimum absolute atomic E-state index is 0.739. The molecule has 0 fully saturated rings. The Balaban J connectivity index is 1.63. The average molecular weight is 320 g/mol. The molecule has 0 spiro atoms. The van der Waals surface area contributed by atoms with Crippen molar-refractivity contribution < 1.29 is 0 Å². The van der Waals surface area contributed by atoms with Crippen molar-refractivity contribution in [3.05, 3.63) is 71.4 Å². The number of hydrogen-bond acceptors (Lipinski definition) is 4. The van der Waals surface area contributed by atoms with Crippen LogP contribution in [0.3, 0.4) is 0 Å². The van der Waals surface area contributed by atoms with Crippen molar-refractivity contribution >= 4 is 17.5 Å². The van der Waals surface area contributed by atoms with Gasteiger partial charge in [0.1, 0.15) is 10.9 Å². The summed E-state index contributed by atoms with van der Waals surface area (Å²) in [6.07, 6.45) is 5.45. The zero-order valence-corrected chi connectivity index (χ0v) is 13.4. The van der Waals surface area contributed by atoms with Crippen LogP contribution in [0.5, 0.6) is 0 Å². The molecule has 0 unspecified atom stereocenters. The molecular formula is C18H16N4S. The van der Waals surface area contributed by atoms with Crippen LogP contribution in [-0.2, 0) is 13.1 Å². The lowest BCUT2D eigenvalue weighted by Gasteiger charge is -2.05. The molecule has 23 heavy (non-hydrogen) atoms. The largest absolute Gasteiger partial charge is 0.309 e. The molecule has 0 aliphatic heterocycles. The van der Waals surface area contributed by atoms with Crippen LogP contribution < -0.4 is 5.32 Å². The standard InChI is InChI=1S/C18H16N4S/c1-2-22-13-15(12-21-22)11-20-10-14-4-3-5-16(8-14)18-7-6-17(9-19)23-18/h2-8,12-13,20H,1,10-11H2. The predicted octanol–water partition coefficient (Wildman–Crippen LogP) is 3.87.